The largest absolute Gasteiger partial charge is 0.417 e. The van der Waals surface area contributed by atoms with Gasteiger partial charge in [-0.25, -0.2) is 17.9 Å². The number of fused-ring (bicyclic) bond motifs is 1. The Bertz CT molecular complexity index is 1100. The highest BCUT2D eigenvalue weighted by molar-refractivity contribution is 7.89. The van der Waals surface area contributed by atoms with Crippen LogP contribution in [0.2, 0.25) is 0 Å². The van der Waals surface area contributed by atoms with Gasteiger partial charge in [0.2, 0.25) is 15.9 Å². The van der Waals surface area contributed by atoms with Gasteiger partial charge < -0.3 is 9.73 Å². The van der Waals surface area contributed by atoms with E-state index < -0.39 is 15.8 Å². The molecule has 26 heavy (non-hydrogen) atoms. The maximum absolute atomic E-state index is 12.1. The Labute approximate surface area is 149 Å². The molecule has 136 valence electrons. The Hall–Kier alpha value is -2.91. The third-order valence-corrected chi connectivity index (χ3v) is 5.28. The van der Waals surface area contributed by atoms with Gasteiger partial charge in [-0.15, -0.1) is 0 Å². The Morgan fingerprint density at radius 3 is 2.58 bits per heavy atom. The molecule has 2 aromatic carbocycles. The number of sulfonamides is 1. The average molecular weight is 375 g/mol. The number of H-pyrrole nitrogens is 1. The Balaban J connectivity index is 1.60. The molecule has 0 saturated heterocycles. The van der Waals surface area contributed by atoms with E-state index >= 15 is 0 Å². The number of rotatable bonds is 6. The van der Waals surface area contributed by atoms with Crippen molar-refractivity contribution in [1.82, 2.24) is 9.71 Å². The third-order valence-electron chi connectivity index (χ3n) is 3.85. The van der Waals surface area contributed by atoms with Crippen molar-refractivity contribution >= 4 is 32.7 Å². The van der Waals surface area contributed by atoms with Gasteiger partial charge in [0.25, 0.3) is 0 Å². The lowest BCUT2D eigenvalue weighted by molar-refractivity contribution is -0.116. The first kappa shape index (κ1) is 17.9. The Kier molecular flexibility index (Phi) is 4.92. The molecule has 0 spiro atoms. The summed E-state index contributed by atoms with van der Waals surface area (Å²) in [5, 5.41) is 2.75. The van der Waals surface area contributed by atoms with E-state index in [4.69, 9.17) is 4.42 Å². The van der Waals surface area contributed by atoms with Gasteiger partial charge in [-0.3, -0.25) is 9.78 Å². The number of aromatic amines is 1. The molecule has 0 atom stereocenters. The molecule has 8 nitrogen and oxygen atoms in total. The molecule has 0 aliphatic carbocycles. The van der Waals surface area contributed by atoms with Crippen molar-refractivity contribution in [2.75, 3.05) is 12.4 Å². The van der Waals surface area contributed by atoms with Gasteiger partial charge in [0.05, 0.1) is 10.4 Å². The number of hydrogen-bond acceptors (Lipinski definition) is 5. The summed E-state index contributed by atoms with van der Waals surface area (Å²) in [5.41, 5.74) is 2.33. The molecule has 0 unspecified atom stereocenters. The quantitative estimate of drug-likeness (QED) is 0.604. The SMILES string of the molecule is CNS(=O)(=O)c1ccc(CCC(=O)Nc2ccc3oc(=O)[nH]c3c2)cc1. The van der Waals surface area contributed by atoms with Gasteiger partial charge in [0.1, 0.15) is 0 Å². The molecule has 0 fully saturated rings. The van der Waals surface area contributed by atoms with E-state index in [1.807, 2.05) is 0 Å². The van der Waals surface area contributed by atoms with E-state index in [1.54, 1.807) is 30.3 Å². The summed E-state index contributed by atoms with van der Waals surface area (Å²) < 4.78 is 30.5. The van der Waals surface area contributed by atoms with Gasteiger partial charge in [-0.1, -0.05) is 12.1 Å². The predicted octanol–water partition coefficient (Wildman–Crippen LogP) is 1.60. The number of amides is 1. The highest BCUT2D eigenvalue weighted by Gasteiger charge is 2.11. The molecule has 0 aliphatic heterocycles. The van der Waals surface area contributed by atoms with Crippen LogP contribution >= 0.6 is 0 Å². The van der Waals surface area contributed by atoms with E-state index in [0.29, 0.717) is 23.2 Å². The maximum Gasteiger partial charge on any atom is 0.417 e. The van der Waals surface area contributed by atoms with Crippen molar-refractivity contribution in [3.8, 4) is 0 Å². The van der Waals surface area contributed by atoms with Crippen LogP contribution in [0.5, 0.6) is 0 Å². The minimum absolute atomic E-state index is 0.176. The zero-order valence-corrected chi connectivity index (χ0v) is 14.7. The number of carbonyl (C=O) groups excluding carboxylic acids is 1. The van der Waals surface area contributed by atoms with Crippen molar-refractivity contribution in [3.05, 3.63) is 58.6 Å². The molecule has 0 radical (unpaired) electrons. The zero-order valence-electron chi connectivity index (χ0n) is 13.9. The highest BCUT2D eigenvalue weighted by atomic mass is 32.2. The molecule has 0 saturated carbocycles. The monoisotopic (exact) mass is 375 g/mol. The zero-order chi connectivity index (χ0) is 18.7. The van der Waals surface area contributed by atoms with Crippen molar-refractivity contribution in [3.63, 3.8) is 0 Å². The van der Waals surface area contributed by atoms with Crippen LogP contribution in [-0.4, -0.2) is 26.4 Å². The van der Waals surface area contributed by atoms with E-state index in [1.165, 1.54) is 19.2 Å². The topological polar surface area (TPSA) is 121 Å². The molecule has 3 rings (SSSR count). The molecule has 3 N–H and O–H groups in total. The molecular weight excluding hydrogens is 358 g/mol. The normalized spacial score (nSPS) is 11.6. The first-order valence-corrected chi connectivity index (χ1v) is 9.31. The van der Waals surface area contributed by atoms with Crippen molar-refractivity contribution in [2.24, 2.45) is 0 Å². The van der Waals surface area contributed by atoms with E-state index in [-0.39, 0.29) is 17.2 Å². The summed E-state index contributed by atoms with van der Waals surface area (Å²) >= 11 is 0. The fourth-order valence-corrected chi connectivity index (χ4v) is 3.19. The highest BCUT2D eigenvalue weighted by Crippen LogP contribution is 2.17. The summed E-state index contributed by atoms with van der Waals surface area (Å²) in [5.74, 6) is -0.741. The van der Waals surface area contributed by atoms with E-state index in [0.717, 1.165) is 5.56 Å². The van der Waals surface area contributed by atoms with Crippen LogP contribution in [-0.2, 0) is 21.2 Å². The molecule has 0 aliphatic rings. The smallest absolute Gasteiger partial charge is 0.408 e. The van der Waals surface area contributed by atoms with E-state index in [9.17, 15) is 18.0 Å². The molecule has 1 aromatic heterocycles. The number of aromatic nitrogens is 1. The predicted molar refractivity (Wildman–Crippen MR) is 96.5 cm³/mol. The number of carbonyl (C=O) groups is 1. The number of hydrogen-bond donors (Lipinski definition) is 3. The number of oxazole rings is 1. The minimum atomic E-state index is -3.47. The molecule has 3 aromatic rings. The second-order valence-electron chi connectivity index (χ2n) is 5.63. The second-order valence-corrected chi connectivity index (χ2v) is 7.51. The maximum atomic E-state index is 12.1. The van der Waals surface area contributed by atoms with Crippen molar-refractivity contribution in [1.29, 1.82) is 0 Å². The van der Waals surface area contributed by atoms with Gasteiger partial charge >= 0.3 is 5.76 Å². The molecule has 0 bridgehead atoms. The summed E-state index contributed by atoms with van der Waals surface area (Å²) in [6.45, 7) is 0. The number of nitrogens with one attached hydrogen (secondary N) is 3. The van der Waals surface area contributed by atoms with Gasteiger partial charge in [-0.2, -0.15) is 0 Å². The summed E-state index contributed by atoms with van der Waals surface area (Å²) in [6, 6.07) is 11.2. The standard InChI is InChI=1S/C17H17N3O5S/c1-18-26(23,24)13-6-2-11(3-7-13)4-9-16(21)19-12-5-8-15-14(10-12)20-17(22)25-15/h2-3,5-8,10,18H,4,9H2,1H3,(H,19,21)(H,20,22). The first-order valence-electron chi connectivity index (χ1n) is 7.82. The van der Waals surface area contributed by atoms with E-state index in [2.05, 4.69) is 15.0 Å². The molecule has 1 amide bonds. The lowest BCUT2D eigenvalue weighted by Gasteiger charge is -2.06. The fourth-order valence-electron chi connectivity index (χ4n) is 2.46. The van der Waals surface area contributed by atoms with Crippen LogP contribution in [0.3, 0.4) is 0 Å². The van der Waals surface area contributed by atoms with Crippen LogP contribution < -0.4 is 15.8 Å². The van der Waals surface area contributed by atoms with Gasteiger partial charge in [0.15, 0.2) is 5.58 Å². The van der Waals surface area contributed by atoms with Crippen LogP contribution in [0.25, 0.3) is 11.1 Å². The average Bonchev–Trinajstić information content (AvgIpc) is 2.99. The lowest BCUT2D eigenvalue weighted by Crippen LogP contribution is -2.18. The molecule has 1 heterocycles. The van der Waals surface area contributed by atoms with Crippen molar-refractivity contribution in [2.45, 2.75) is 17.7 Å². The van der Waals surface area contributed by atoms with Crippen molar-refractivity contribution < 1.29 is 17.6 Å². The molecule has 9 heteroatoms. The minimum Gasteiger partial charge on any atom is -0.408 e. The van der Waals surface area contributed by atoms with Crippen LogP contribution in [0.15, 0.2) is 56.6 Å². The lowest BCUT2D eigenvalue weighted by atomic mass is 10.1. The Morgan fingerprint density at radius 2 is 1.88 bits per heavy atom. The Morgan fingerprint density at radius 1 is 1.15 bits per heavy atom. The van der Waals surface area contributed by atoms with Gasteiger partial charge in [-0.05, 0) is 49.4 Å². The van der Waals surface area contributed by atoms with Crippen LogP contribution in [0.1, 0.15) is 12.0 Å². The summed E-state index contributed by atoms with van der Waals surface area (Å²) in [6.07, 6.45) is 0.703. The van der Waals surface area contributed by atoms with Crippen LogP contribution in [0, 0.1) is 0 Å². The third kappa shape index (κ3) is 4.01. The second kappa shape index (κ2) is 7.14. The summed E-state index contributed by atoms with van der Waals surface area (Å²) in [7, 11) is -2.11. The fraction of sp³-hybridized carbons (Fsp3) is 0.176. The summed E-state index contributed by atoms with van der Waals surface area (Å²) in [4.78, 5) is 25.9. The number of benzene rings is 2. The number of anilines is 1. The molecular formula is C17H17N3O5S. The van der Waals surface area contributed by atoms with Gasteiger partial charge in [0, 0.05) is 12.1 Å². The first-order chi connectivity index (χ1) is 12.4. The van der Waals surface area contributed by atoms with Crippen LogP contribution in [0.4, 0.5) is 5.69 Å². The number of aryl methyl sites for hydroxylation is 1.